The van der Waals surface area contributed by atoms with Gasteiger partial charge < -0.3 is 5.32 Å². The highest BCUT2D eigenvalue weighted by Gasteiger charge is 2.00. The molecule has 4 heteroatoms. The van der Waals surface area contributed by atoms with E-state index in [2.05, 4.69) is 33.1 Å². The van der Waals surface area contributed by atoms with Crippen molar-refractivity contribution in [1.82, 2.24) is 14.8 Å². The first-order valence-corrected chi connectivity index (χ1v) is 6.34. The van der Waals surface area contributed by atoms with Gasteiger partial charge in [0.25, 0.3) is 0 Å². The van der Waals surface area contributed by atoms with Crippen LogP contribution < -0.4 is 5.32 Å². The van der Waals surface area contributed by atoms with Gasteiger partial charge in [0.2, 0.25) is 0 Å². The first-order chi connectivity index (χ1) is 8.65. The van der Waals surface area contributed by atoms with Crippen LogP contribution in [0.2, 0.25) is 0 Å². The van der Waals surface area contributed by atoms with E-state index in [4.69, 9.17) is 0 Å². The third kappa shape index (κ3) is 3.32. The SMILES string of the molecule is Cc1cccc(NCCCn2nc(C)cc2C)n1. The second-order valence-corrected chi connectivity index (χ2v) is 4.59. The van der Waals surface area contributed by atoms with Crippen molar-refractivity contribution in [2.24, 2.45) is 0 Å². The first kappa shape index (κ1) is 12.6. The minimum absolute atomic E-state index is 0.912. The molecule has 0 bridgehead atoms. The minimum atomic E-state index is 0.912. The summed E-state index contributed by atoms with van der Waals surface area (Å²) in [5.74, 6) is 0.948. The van der Waals surface area contributed by atoms with Crippen LogP contribution in [0, 0.1) is 20.8 Å². The van der Waals surface area contributed by atoms with Crippen LogP contribution in [0.3, 0.4) is 0 Å². The molecule has 2 rings (SSSR count). The highest BCUT2D eigenvalue weighted by molar-refractivity contribution is 5.34. The zero-order chi connectivity index (χ0) is 13.0. The van der Waals surface area contributed by atoms with Crippen LogP contribution in [0.15, 0.2) is 24.3 Å². The maximum atomic E-state index is 4.44. The average molecular weight is 244 g/mol. The molecule has 1 N–H and O–H groups in total. The fourth-order valence-corrected chi connectivity index (χ4v) is 1.99. The number of nitrogens with one attached hydrogen (secondary N) is 1. The van der Waals surface area contributed by atoms with Gasteiger partial charge in [-0.05, 0) is 45.4 Å². The number of pyridine rings is 1. The molecule has 0 aliphatic rings. The lowest BCUT2D eigenvalue weighted by molar-refractivity contribution is 0.573. The molecule has 2 heterocycles. The molecule has 0 amide bonds. The summed E-state index contributed by atoms with van der Waals surface area (Å²) in [6, 6.07) is 8.12. The zero-order valence-electron chi connectivity index (χ0n) is 11.3. The Kier molecular flexibility index (Phi) is 3.97. The Morgan fingerprint density at radius 3 is 2.67 bits per heavy atom. The highest BCUT2D eigenvalue weighted by Crippen LogP contribution is 2.05. The van der Waals surface area contributed by atoms with Gasteiger partial charge in [0.05, 0.1) is 5.69 Å². The Balaban J connectivity index is 1.78. The molecule has 96 valence electrons. The number of rotatable bonds is 5. The number of aryl methyl sites for hydroxylation is 4. The summed E-state index contributed by atoms with van der Waals surface area (Å²) in [7, 11) is 0. The first-order valence-electron chi connectivity index (χ1n) is 6.34. The van der Waals surface area contributed by atoms with E-state index >= 15 is 0 Å². The second-order valence-electron chi connectivity index (χ2n) is 4.59. The van der Waals surface area contributed by atoms with Crippen molar-refractivity contribution in [3.63, 3.8) is 0 Å². The maximum Gasteiger partial charge on any atom is 0.126 e. The summed E-state index contributed by atoms with van der Waals surface area (Å²) in [5.41, 5.74) is 3.35. The Morgan fingerprint density at radius 1 is 1.17 bits per heavy atom. The summed E-state index contributed by atoms with van der Waals surface area (Å²) < 4.78 is 2.06. The van der Waals surface area contributed by atoms with Crippen molar-refractivity contribution >= 4 is 5.82 Å². The molecule has 0 aliphatic carbocycles. The standard InChI is InChI=1S/C14H20N4/c1-11-6-4-7-14(16-11)15-8-5-9-18-13(3)10-12(2)17-18/h4,6-7,10H,5,8-9H2,1-3H3,(H,15,16). The Bertz CT molecular complexity index is 516. The molecule has 0 unspecified atom stereocenters. The summed E-state index contributed by atoms with van der Waals surface area (Å²) in [6.45, 7) is 7.97. The molecular weight excluding hydrogens is 224 g/mol. The Hall–Kier alpha value is -1.84. The molecule has 4 nitrogen and oxygen atoms in total. The summed E-state index contributed by atoms with van der Waals surface area (Å²) in [6.07, 6.45) is 1.04. The lowest BCUT2D eigenvalue weighted by Crippen LogP contribution is -2.09. The molecule has 0 fully saturated rings. The fraction of sp³-hybridized carbons (Fsp3) is 0.429. The molecule has 0 aliphatic heterocycles. The molecule has 0 aromatic carbocycles. The predicted octanol–water partition coefficient (Wildman–Crippen LogP) is 2.71. The van der Waals surface area contributed by atoms with Gasteiger partial charge in [0, 0.05) is 24.5 Å². The Morgan fingerprint density at radius 2 is 2.00 bits per heavy atom. The van der Waals surface area contributed by atoms with E-state index in [0.717, 1.165) is 36.7 Å². The van der Waals surface area contributed by atoms with Crippen molar-refractivity contribution in [2.45, 2.75) is 33.7 Å². The van der Waals surface area contributed by atoms with E-state index in [1.54, 1.807) is 0 Å². The molecule has 2 aromatic rings. The van der Waals surface area contributed by atoms with Crippen LogP contribution in [0.5, 0.6) is 0 Å². The quantitative estimate of drug-likeness (QED) is 0.822. The van der Waals surface area contributed by atoms with Gasteiger partial charge in [-0.3, -0.25) is 4.68 Å². The molecule has 0 radical (unpaired) electrons. The van der Waals surface area contributed by atoms with Crippen LogP contribution in [0.4, 0.5) is 5.82 Å². The van der Waals surface area contributed by atoms with E-state index in [9.17, 15) is 0 Å². The lowest BCUT2D eigenvalue weighted by atomic mass is 10.3. The Labute approximate surface area is 108 Å². The van der Waals surface area contributed by atoms with Crippen LogP contribution in [-0.2, 0) is 6.54 Å². The second kappa shape index (κ2) is 5.67. The van der Waals surface area contributed by atoms with Gasteiger partial charge in [-0.1, -0.05) is 6.07 Å². The van der Waals surface area contributed by atoms with Gasteiger partial charge in [-0.15, -0.1) is 0 Å². The van der Waals surface area contributed by atoms with Gasteiger partial charge in [-0.25, -0.2) is 4.98 Å². The van der Waals surface area contributed by atoms with Crippen LogP contribution in [0.1, 0.15) is 23.5 Å². The summed E-state index contributed by atoms with van der Waals surface area (Å²) >= 11 is 0. The van der Waals surface area contributed by atoms with E-state index in [-0.39, 0.29) is 0 Å². The van der Waals surface area contributed by atoms with Gasteiger partial charge in [-0.2, -0.15) is 5.10 Å². The van der Waals surface area contributed by atoms with Crippen molar-refractivity contribution in [2.75, 3.05) is 11.9 Å². The average Bonchev–Trinajstić information content (AvgIpc) is 2.64. The predicted molar refractivity (Wildman–Crippen MR) is 73.8 cm³/mol. The number of hydrogen-bond acceptors (Lipinski definition) is 3. The van der Waals surface area contributed by atoms with Crippen molar-refractivity contribution in [3.8, 4) is 0 Å². The van der Waals surface area contributed by atoms with Gasteiger partial charge >= 0.3 is 0 Å². The largest absolute Gasteiger partial charge is 0.370 e. The molecule has 0 saturated heterocycles. The molecule has 18 heavy (non-hydrogen) atoms. The van der Waals surface area contributed by atoms with E-state index in [1.807, 2.05) is 32.0 Å². The summed E-state index contributed by atoms with van der Waals surface area (Å²) in [5, 5.41) is 7.77. The van der Waals surface area contributed by atoms with E-state index < -0.39 is 0 Å². The lowest BCUT2D eigenvalue weighted by Gasteiger charge is -2.07. The molecule has 0 spiro atoms. The van der Waals surface area contributed by atoms with E-state index in [0.29, 0.717) is 0 Å². The number of aromatic nitrogens is 3. The third-order valence-corrected chi connectivity index (χ3v) is 2.84. The number of nitrogens with zero attached hydrogens (tertiary/aromatic N) is 3. The van der Waals surface area contributed by atoms with Gasteiger partial charge in [0.15, 0.2) is 0 Å². The van der Waals surface area contributed by atoms with Crippen LogP contribution in [0.25, 0.3) is 0 Å². The van der Waals surface area contributed by atoms with Crippen LogP contribution >= 0.6 is 0 Å². The van der Waals surface area contributed by atoms with Crippen molar-refractivity contribution < 1.29 is 0 Å². The highest BCUT2D eigenvalue weighted by atomic mass is 15.3. The monoisotopic (exact) mass is 244 g/mol. The summed E-state index contributed by atoms with van der Waals surface area (Å²) in [4.78, 5) is 4.41. The number of anilines is 1. The molecule has 0 atom stereocenters. The minimum Gasteiger partial charge on any atom is -0.370 e. The molecule has 0 saturated carbocycles. The maximum absolute atomic E-state index is 4.44. The zero-order valence-corrected chi connectivity index (χ0v) is 11.3. The van der Waals surface area contributed by atoms with Crippen molar-refractivity contribution in [1.29, 1.82) is 0 Å². The molecule has 2 aromatic heterocycles. The topological polar surface area (TPSA) is 42.7 Å². The van der Waals surface area contributed by atoms with Crippen LogP contribution in [-0.4, -0.2) is 21.3 Å². The number of hydrogen-bond donors (Lipinski definition) is 1. The third-order valence-electron chi connectivity index (χ3n) is 2.84. The van der Waals surface area contributed by atoms with E-state index in [1.165, 1.54) is 5.69 Å². The fourth-order valence-electron chi connectivity index (χ4n) is 1.99. The van der Waals surface area contributed by atoms with Gasteiger partial charge in [0.1, 0.15) is 5.82 Å². The normalized spacial score (nSPS) is 10.6. The molecular formula is C14H20N4. The van der Waals surface area contributed by atoms with Crippen molar-refractivity contribution in [3.05, 3.63) is 41.3 Å². The smallest absolute Gasteiger partial charge is 0.126 e.